The van der Waals surface area contributed by atoms with E-state index in [1.54, 1.807) is 0 Å². The van der Waals surface area contributed by atoms with Gasteiger partial charge in [-0.15, -0.1) is 0 Å². The fourth-order valence-corrected chi connectivity index (χ4v) is 5.20. The van der Waals surface area contributed by atoms with Crippen molar-refractivity contribution in [2.24, 2.45) is 0 Å². The van der Waals surface area contributed by atoms with Gasteiger partial charge in [0, 0.05) is 25.2 Å². The average molecular weight is 437 g/mol. The molecule has 1 aliphatic rings. The van der Waals surface area contributed by atoms with Crippen LogP contribution in [0.5, 0.6) is 0 Å². The van der Waals surface area contributed by atoms with Crippen LogP contribution in [0, 0.1) is 11.3 Å². The minimum Gasteiger partial charge on any atom is -0.381 e. The fourth-order valence-electron chi connectivity index (χ4n) is 3.18. The van der Waals surface area contributed by atoms with E-state index in [0.717, 1.165) is 12.8 Å². The molecule has 2 aromatic rings. The summed E-state index contributed by atoms with van der Waals surface area (Å²) in [6.45, 7) is 1.25. The van der Waals surface area contributed by atoms with Crippen LogP contribution in [0.3, 0.4) is 0 Å². The van der Waals surface area contributed by atoms with Gasteiger partial charge in [-0.2, -0.15) is 14.7 Å². The first-order valence-electron chi connectivity index (χ1n) is 9.15. The molecule has 0 radical (unpaired) electrons. The van der Waals surface area contributed by atoms with Crippen LogP contribution < -0.4 is 11.1 Å². The van der Waals surface area contributed by atoms with Crippen molar-refractivity contribution in [3.63, 3.8) is 0 Å². The second kappa shape index (κ2) is 8.82. The second-order valence-corrected chi connectivity index (χ2v) is 9.00. The molecule has 11 heteroatoms. The number of sulfonamides is 1. The van der Waals surface area contributed by atoms with Crippen LogP contribution in [0.15, 0.2) is 23.1 Å². The van der Waals surface area contributed by atoms with E-state index in [4.69, 9.17) is 22.6 Å². The summed E-state index contributed by atoms with van der Waals surface area (Å²) in [5, 5.41) is 18.4. The highest BCUT2D eigenvalue weighted by Crippen LogP contribution is 2.28. The third-order valence-corrected chi connectivity index (χ3v) is 7.13. The Morgan fingerprint density at radius 3 is 2.79 bits per heavy atom. The van der Waals surface area contributed by atoms with Crippen molar-refractivity contribution in [2.75, 3.05) is 25.4 Å². The fraction of sp³-hybridized carbons (Fsp3) is 0.389. The number of carbonyl (C=O) groups excluding carboxylic acids is 1. The number of nitrogen functional groups attached to an aromatic ring is 1. The number of benzene rings is 1. The predicted molar refractivity (Wildman–Crippen MR) is 108 cm³/mol. The van der Waals surface area contributed by atoms with E-state index < -0.39 is 15.9 Å². The number of anilines is 1. The van der Waals surface area contributed by atoms with Crippen molar-refractivity contribution in [1.82, 2.24) is 19.8 Å². The van der Waals surface area contributed by atoms with Crippen molar-refractivity contribution in [2.45, 2.75) is 30.6 Å². The van der Waals surface area contributed by atoms with E-state index >= 15 is 0 Å². The number of carbonyl (C=O) groups is 1. The molecule has 29 heavy (non-hydrogen) atoms. The van der Waals surface area contributed by atoms with Gasteiger partial charge < -0.3 is 11.1 Å². The highest BCUT2D eigenvalue weighted by Gasteiger charge is 2.29. The molecule has 1 aliphatic heterocycles. The zero-order valence-corrected chi connectivity index (χ0v) is 17.2. The summed E-state index contributed by atoms with van der Waals surface area (Å²) >= 11 is 6.11. The lowest BCUT2D eigenvalue weighted by atomic mass is 10.1. The van der Waals surface area contributed by atoms with Crippen LogP contribution in [0.25, 0.3) is 0 Å². The summed E-state index contributed by atoms with van der Waals surface area (Å²) in [5.41, 5.74) is 6.73. The van der Waals surface area contributed by atoms with Gasteiger partial charge in [0.1, 0.15) is 16.5 Å². The summed E-state index contributed by atoms with van der Waals surface area (Å²) in [5.74, 6) is -0.247. The van der Waals surface area contributed by atoms with Crippen LogP contribution in [0.1, 0.15) is 40.9 Å². The van der Waals surface area contributed by atoms with Gasteiger partial charge in [0.15, 0.2) is 5.82 Å². The number of nitrogens with zero attached hydrogens (tertiary/aromatic N) is 3. The van der Waals surface area contributed by atoms with Gasteiger partial charge in [-0.05, 0) is 43.9 Å². The Hall–Kier alpha value is -2.61. The third-order valence-electron chi connectivity index (χ3n) is 4.75. The molecule has 9 nitrogen and oxygen atoms in total. The molecule has 0 spiro atoms. The molecule has 0 aliphatic carbocycles. The van der Waals surface area contributed by atoms with Gasteiger partial charge in [0.25, 0.3) is 5.91 Å². The Labute approximate surface area is 173 Å². The van der Waals surface area contributed by atoms with Crippen LogP contribution >= 0.6 is 11.6 Å². The Morgan fingerprint density at radius 1 is 1.38 bits per heavy atom. The number of rotatable bonds is 7. The van der Waals surface area contributed by atoms with Crippen LogP contribution in [0.4, 0.5) is 5.82 Å². The molecule has 1 fully saturated rings. The summed E-state index contributed by atoms with van der Waals surface area (Å²) in [4.78, 5) is 12.4. The van der Waals surface area contributed by atoms with Crippen LogP contribution in [0.2, 0.25) is 5.02 Å². The quantitative estimate of drug-likeness (QED) is 0.563. The molecule has 0 atom stereocenters. The summed E-state index contributed by atoms with van der Waals surface area (Å²) in [7, 11) is -3.72. The molecular weight excluding hydrogens is 416 g/mol. The lowest BCUT2D eigenvalue weighted by Gasteiger charge is -2.17. The number of halogens is 1. The number of hydrogen-bond acceptors (Lipinski definition) is 6. The number of aromatic nitrogens is 2. The number of H-pyrrole nitrogens is 1. The van der Waals surface area contributed by atoms with Crippen molar-refractivity contribution in [3.8, 4) is 6.07 Å². The molecule has 0 saturated carbocycles. The number of aryl methyl sites for hydroxylation is 1. The monoisotopic (exact) mass is 436 g/mol. The van der Waals surface area contributed by atoms with Gasteiger partial charge in [-0.25, -0.2) is 8.42 Å². The molecule has 1 saturated heterocycles. The van der Waals surface area contributed by atoms with Gasteiger partial charge in [-0.1, -0.05) is 11.6 Å². The van der Waals surface area contributed by atoms with Crippen molar-refractivity contribution in [3.05, 3.63) is 40.0 Å². The molecule has 1 aromatic heterocycles. The topological polar surface area (TPSA) is 145 Å². The van der Waals surface area contributed by atoms with Crippen molar-refractivity contribution >= 4 is 33.3 Å². The average Bonchev–Trinajstić information content (AvgIpc) is 3.35. The third kappa shape index (κ3) is 4.53. The number of nitrogens with two attached hydrogens (primary N) is 1. The Morgan fingerprint density at radius 2 is 2.10 bits per heavy atom. The molecule has 1 amide bonds. The van der Waals surface area contributed by atoms with Gasteiger partial charge in [-0.3, -0.25) is 9.89 Å². The zero-order valence-electron chi connectivity index (χ0n) is 15.6. The lowest BCUT2D eigenvalue weighted by molar-refractivity contribution is 0.0953. The SMILES string of the molecule is N#Cc1c(N)n[nH]c1CCCNC(=O)c1ccc(Cl)c(S(=O)(=O)N2CCCC2)c1. The first kappa shape index (κ1) is 21.1. The highest BCUT2D eigenvalue weighted by molar-refractivity contribution is 7.89. The number of hydrogen-bond donors (Lipinski definition) is 3. The predicted octanol–water partition coefficient (Wildman–Crippen LogP) is 1.66. The maximum atomic E-state index is 12.8. The molecule has 0 bridgehead atoms. The molecule has 3 rings (SSSR count). The summed E-state index contributed by atoms with van der Waals surface area (Å²) < 4.78 is 26.9. The van der Waals surface area contributed by atoms with Crippen LogP contribution in [-0.4, -0.2) is 48.5 Å². The molecule has 1 aromatic carbocycles. The number of amides is 1. The Bertz CT molecular complexity index is 1050. The lowest BCUT2D eigenvalue weighted by Crippen LogP contribution is -2.29. The second-order valence-electron chi connectivity index (χ2n) is 6.69. The van der Waals surface area contributed by atoms with Gasteiger partial charge in [0.2, 0.25) is 10.0 Å². The highest BCUT2D eigenvalue weighted by atomic mass is 35.5. The van der Waals surface area contributed by atoms with E-state index in [9.17, 15) is 13.2 Å². The Balaban J connectivity index is 1.63. The zero-order chi connectivity index (χ0) is 21.0. The van der Waals surface area contributed by atoms with Gasteiger partial charge in [0.05, 0.1) is 10.7 Å². The maximum absolute atomic E-state index is 12.8. The van der Waals surface area contributed by atoms with E-state index in [1.165, 1.54) is 22.5 Å². The number of aromatic amines is 1. The van der Waals surface area contributed by atoms with Crippen molar-refractivity contribution in [1.29, 1.82) is 5.26 Å². The Kier molecular flexibility index (Phi) is 6.42. The molecule has 154 valence electrons. The smallest absolute Gasteiger partial charge is 0.251 e. The minimum atomic E-state index is -3.72. The molecular formula is C18H21ClN6O3S. The summed E-state index contributed by atoms with van der Waals surface area (Å²) in [6.07, 6.45) is 2.66. The molecule has 4 N–H and O–H groups in total. The van der Waals surface area contributed by atoms with E-state index in [0.29, 0.717) is 43.7 Å². The molecule has 2 heterocycles. The number of nitrogens with one attached hydrogen (secondary N) is 2. The van der Waals surface area contributed by atoms with E-state index in [1.807, 2.05) is 6.07 Å². The number of nitriles is 1. The van der Waals surface area contributed by atoms with Crippen LogP contribution in [-0.2, 0) is 16.4 Å². The van der Waals surface area contributed by atoms with Crippen molar-refractivity contribution < 1.29 is 13.2 Å². The minimum absolute atomic E-state index is 0.0553. The first-order valence-corrected chi connectivity index (χ1v) is 11.0. The maximum Gasteiger partial charge on any atom is 0.251 e. The summed E-state index contributed by atoms with van der Waals surface area (Å²) in [6, 6.07) is 6.22. The standard InChI is InChI=1S/C18H21ClN6O3S/c19-14-6-5-12(10-16(14)29(27,28)25-8-1-2-9-25)18(26)22-7-3-4-15-13(11-20)17(21)24-23-15/h5-6,10H,1-4,7-9H2,(H,22,26)(H3,21,23,24). The normalized spacial score (nSPS) is 14.6. The largest absolute Gasteiger partial charge is 0.381 e. The first-order chi connectivity index (χ1) is 13.8. The van der Waals surface area contributed by atoms with E-state index in [-0.39, 0.29) is 21.3 Å². The molecule has 0 unspecified atom stereocenters. The van der Waals surface area contributed by atoms with E-state index in [2.05, 4.69) is 15.5 Å². The van der Waals surface area contributed by atoms with Gasteiger partial charge >= 0.3 is 0 Å².